The van der Waals surface area contributed by atoms with Gasteiger partial charge in [0.05, 0.1) is 34.2 Å². The Labute approximate surface area is 173 Å². The van der Waals surface area contributed by atoms with Crippen molar-refractivity contribution in [3.05, 3.63) is 101 Å². The molecule has 1 unspecified atom stereocenters. The molecule has 1 aromatic heterocycles. The van der Waals surface area contributed by atoms with Gasteiger partial charge in [0.1, 0.15) is 11.6 Å². The second-order valence-electron chi connectivity index (χ2n) is 6.81. The van der Waals surface area contributed by atoms with Crippen molar-refractivity contribution in [2.24, 2.45) is 0 Å². The maximum atomic E-state index is 14.3. The first-order chi connectivity index (χ1) is 14.0. The number of carbonyl (C=O) groups excluding carboxylic acids is 1. The molecule has 0 aliphatic heterocycles. The molecule has 0 bridgehead atoms. The van der Waals surface area contributed by atoms with E-state index in [1.807, 2.05) is 35.8 Å². The van der Waals surface area contributed by atoms with E-state index in [2.05, 4.69) is 5.32 Å². The van der Waals surface area contributed by atoms with Crippen molar-refractivity contribution in [3.8, 4) is 0 Å². The largest absolute Gasteiger partial charge is 0.342 e. The zero-order valence-corrected chi connectivity index (χ0v) is 16.5. The molecule has 0 fully saturated rings. The Bertz CT molecular complexity index is 1190. The zero-order chi connectivity index (χ0) is 20.4. The van der Waals surface area contributed by atoms with Crippen LogP contribution in [0.2, 0.25) is 5.02 Å². The molecule has 1 amide bonds. The van der Waals surface area contributed by atoms with Crippen LogP contribution in [0.4, 0.5) is 4.39 Å². The topological polar surface area (TPSA) is 46.9 Å². The number of halogens is 2. The number of benzene rings is 3. The monoisotopic (exact) mass is 407 g/mol. The van der Waals surface area contributed by atoms with Crippen LogP contribution in [0.5, 0.6) is 0 Å². The number of hydrogen-bond acceptors (Lipinski definition) is 2. The van der Waals surface area contributed by atoms with Crippen LogP contribution in [0, 0.1) is 5.82 Å². The van der Waals surface area contributed by atoms with E-state index in [0.29, 0.717) is 28.5 Å². The van der Waals surface area contributed by atoms with Gasteiger partial charge in [-0.25, -0.2) is 9.37 Å². The summed E-state index contributed by atoms with van der Waals surface area (Å²) in [5.41, 5.74) is 2.63. The number of hydrogen-bond donors (Lipinski definition) is 1. The summed E-state index contributed by atoms with van der Waals surface area (Å²) in [5, 5.41) is 3.34. The van der Waals surface area contributed by atoms with E-state index in [1.54, 1.807) is 42.5 Å². The molecule has 0 radical (unpaired) electrons. The van der Waals surface area contributed by atoms with Crippen molar-refractivity contribution in [1.29, 1.82) is 0 Å². The molecule has 1 atom stereocenters. The van der Waals surface area contributed by atoms with Gasteiger partial charge in [-0.2, -0.15) is 0 Å². The Morgan fingerprint density at radius 3 is 2.55 bits per heavy atom. The van der Waals surface area contributed by atoms with Crippen LogP contribution in [-0.4, -0.2) is 15.5 Å². The van der Waals surface area contributed by atoms with E-state index in [0.717, 1.165) is 11.0 Å². The van der Waals surface area contributed by atoms with E-state index in [9.17, 15) is 9.18 Å². The van der Waals surface area contributed by atoms with Gasteiger partial charge in [0.2, 0.25) is 0 Å². The summed E-state index contributed by atoms with van der Waals surface area (Å²) in [4.78, 5) is 17.4. The molecule has 1 N–H and O–H groups in total. The van der Waals surface area contributed by atoms with Crippen molar-refractivity contribution in [2.45, 2.75) is 19.5 Å². The van der Waals surface area contributed by atoms with E-state index in [-0.39, 0.29) is 11.7 Å². The molecule has 3 aromatic carbocycles. The first-order valence-corrected chi connectivity index (χ1v) is 9.66. The fourth-order valence-electron chi connectivity index (χ4n) is 3.37. The van der Waals surface area contributed by atoms with E-state index >= 15 is 0 Å². The van der Waals surface area contributed by atoms with Gasteiger partial charge in [-0.3, -0.25) is 4.79 Å². The Balaban J connectivity index is 1.70. The van der Waals surface area contributed by atoms with Crippen molar-refractivity contribution in [3.63, 3.8) is 0 Å². The molecule has 0 saturated carbocycles. The van der Waals surface area contributed by atoms with Gasteiger partial charge < -0.3 is 9.88 Å². The van der Waals surface area contributed by atoms with E-state index in [1.165, 1.54) is 6.07 Å². The fraction of sp³-hybridized carbons (Fsp3) is 0.130. The third-order valence-electron chi connectivity index (χ3n) is 4.82. The van der Waals surface area contributed by atoms with E-state index < -0.39 is 6.04 Å². The standard InChI is InChI=1S/C23H19ClFN3O/c1-15(26-23(29)17-9-3-4-10-18(17)24)22-27-20-12-6-7-13-21(20)28(22)14-16-8-2-5-11-19(16)25/h2-13,15H,14H2,1H3,(H,26,29). The number of aromatic nitrogens is 2. The molecule has 6 heteroatoms. The quantitative estimate of drug-likeness (QED) is 0.483. The maximum absolute atomic E-state index is 14.3. The van der Waals surface area contributed by atoms with Gasteiger partial charge in [0.25, 0.3) is 5.91 Å². The van der Waals surface area contributed by atoms with Gasteiger partial charge in [0.15, 0.2) is 0 Å². The molecule has 0 saturated heterocycles. The van der Waals surface area contributed by atoms with Gasteiger partial charge in [-0.15, -0.1) is 0 Å². The van der Waals surface area contributed by atoms with Crippen molar-refractivity contribution < 1.29 is 9.18 Å². The Hall–Kier alpha value is -3.18. The van der Waals surface area contributed by atoms with Crippen LogP contribution in [0.3, 0.4) is 0 Å². The van der Waals surface area contributed by atoms with Gasteiger partial charge in [-0.1, -0.05) is 54.1 Å². The van der Waals surface area contributed by atoms with Crippen molar-refractivity contribution >= 4 is 28.5 Å². The van der Waals surface area contributed by atoms with Gasteiger partial charge >= 0.3 is 0 Å². The normalized spacial score (nSPS) is 12.1. The molecule has 0 aliphatic rings. The predicted molar refractivity (Wildman–Crippen MR) is 113 cm³/mol. The number of imidazole rings is 1. The van der Waals surface area contributed by atoms with Crippen LogP contribution in [0.25, 0.3) is 11.0 Å². The highest BCUT2D eigenvalue weighted by molar-refractivity contribution is 6.33. The smallest absolute Gasteiger partial charge is 0.253 e. The second-order valence-corrected chi connectivity index (χ2v) is 7.22. The molecule has 4 aromatic rings. The minimum Gasteiger partial charge on any atom is -0.342 e. The van der Waals surface area contributed by atoms with Crippen molar-refractivity contribution in [2.75, 3.05) is 0 Å². The third-order valence-corrected chi connectivity index (χ3v) is 5.15. The summed E-state index contributed by atoms with van der Waals surface area (Å²) in [6.45, 7) is 2.17. The number of nitrogens with zero attached hydrogens (tertiary/aromatic N) is 2. The maximum Gasteiger partial charge on any atom is 0.253 e. The predicted octanol–water partition coefficient (Wildman–Crippen LogP) is 5.37. The highest BCUT2D eigenvalue weighted by Gasteiger charge is 2.20. The van der Waals surface area contributed by atoms with Gasteiger partial charge in [0, 0.05) is 5.56 Å². The lowest BCUT2D eigenvalue weighted by Crippen LogP contribution is -2.29. The molecule has 29 heavy (non-hydrogen) atoms. The average Bonchev–Trinajstić information content (AvgIpc) is 3.08. The van der Waals surface area contributed by atoms with Crippen LogP contribution in [0.1, 0.15) is 34.7 Å². The summed E-state index contributed by atoms with van der Waals surface area (Å²) in [7, 11) is 0. The second kappa shape index (κ2) is 8.05. The molecule has 146 valence electrons. The summed E-state index contributed by atoms with van der Waals surface area (Å²) >= 11 is 6.15. The number of rotatable bonds is 5. The van der Waals surface area contributed by atoms with Crippen molar-refractivity contribution in [1.82, 2.24) is 14.9 Å². The van der Waals surface area contributed by atoms with Gasteiger partial charge in [-0.05, 0) is 37.3 Å². The Morgan fingerprint density at radius 1 is 1.07 bits per heavy atom. The first kappa shape index (κ1) is 19.2. The highest BCUT2D eigenvalue weighted by Crippen LogP contribution is 2.24. The van der Waals surface area contributed by atoms with Crippen LogP contribution in [0.15, 0.2) is 72.8 Å². The highest BCUT2D eigenvalue weighted by atomic mass is 35.5. The average molecular weight is 408 g/mol. The molecular weight excluding hydrogens is 389 g/mol. The number of para-hydroxylation sites is 2. The molecule has 0 spiro atoms. The molecule has 4 nitrogen and oxygen atoms in total. The van der Waals surface area contributed by atoms with Crippen LogP contribution >= 0.6 is 11.6 Å². The Morgan fingerprint density at radius 2 is 1.76 bits per heavy atom. The molecule has 1 heterocycles. The third kappa shape index (κ3) is 3.87. The zero-order valence-electron chi connectivity index (χ0n) is 15.8. The SMILES string of the molecule is CC(NC(=O)c1ccccc1Cl)c1nc2ccccc2n1Cc1ccccc1F. The molecular formula is C23H19ClFN3O. The van der Waals surface area contributed by atoms with E-state index in [4.69, 9.17) is 16.6 Å². The minimum absolute atomic E-state index is 0.274. The summed E-state index contributed by atoms with van der Waals surface area (Å²) in [6.07, 6.45) is 0. The molecule has 4 rings (SSSR count). The summed E-state index contributed by atoms with van der Waals surface area (Å²) < 4.78 is 16.2. The number of amides is 1. The summed E-state index contributed by atoms with van der Waals surface area (Å²) in [5.74, 6) is 0.0893. The lowest BCUT2D eigenvalue weighted by Gasteiger charge is -2.17. The number of nitrogens with one attached hydrogen (secondary N) is 1. The number of fused-ring (bicyclic) bond motifs is 1. The van der Waals surface area contributed by atoms with Crippen LogP contribution in [-0.2, 0) is 6.54 Å². The number of carbonyl (C=O) groups is 1. The fourth-order valence-corrected chi connectivity index (χ4v) is 3.59. The summed E-state index contributed by atoms with van der Waals surface area (Å²) in [6, 6.07) is 20.8. The lowest BCUT2D eigenvalue weighted by atomic mass is 10.2. The first-order valence-electron chi connectivity index (χ1n) is 9.28. The molecule has 0 aliphatic carbocycles. The Kier molecular flexibility index (Phi) is 5.32. The minimum atomic E-state index is -0.405. The lowest BCUT2D eigenvalue weighted by molar-refractivity contribution is 0.0938. The van der Waals surface area contributed by atoms with Crippen LogP contribution < -0.4 is 5.32 Å².